The molecule has 0 saturated heterocycles. The standard InChI is InChI=1S/C11H16N2O2/c1-8(7-14)13-6-9-2-4-10(5-3-9)11(12)15/h2-5,8,13-14H,6-7H2,1H3,(H2,12,15). The Morgan fingerprint density at radius 3 is 2.53 bits per heavy atom. The molecule has 1 unspecified atom stereocenters. The lowest BCUT2D eigenvalue weighted by Gasteiger charge is -2.10. The highest BCUT2D eigenvalue weighted by Gasteiger charge is 2.01. The Morgan fingerprint density at radius 1 is 1.47 bits per heavy atom. The fourth-order valence-electron chi connectivity index (χ4n) is 1.14. The molecule has 0 aliphatic carbocycles. The first-order valence-electron chi connectivity index (χ1n) is 4.86. The number of primary amides is 1. The number of aliphatic hydroxyl groups is 1. The van der Waals surface area contributed by atoms with E-state index in [2.05, 4.69) is 5.32 Å². The van der Waals surface area contributed by atoms with Crippen LogP contribution in [0.2, 0.25) is 0 Å². The average Bonchev–Trinajstić information content (AvgIpc) is 2.26. The van der Waals surface area contributed by atoms with Crippen LogP contribution in [0.5, 0.6) is 0 Å². The summed E-state index contributed by atoms with van der Waals surface area (Å²) < 4.78 is 0. The molecule has 0 radical (unpaired) electrons. The van der Waals surface area contributed by atoms with E-state index in [1.54, 1.807) is 12.1 Å². The van der Waals surface area contributed by atoms with Gasteiger partial charge in [0.1, 0.15) is 0 Å². The average molecular weight is 208 g/mol. The van der Waals surface area contributed by atoms with Crippen molar-refractivity contribution in [1.82, 2.24) is 5.32 Å². The van der Waals surface area contributed by atoms with Gasteiger partial charge in [0.05, 0.1) is 6.61 Å². The van der Waals surface area contributed by atoms with E-state index < -0.39 is 5.91 Å². The summed E-state index contributed by atoms with van der Waals surface area (Å²) >= 11 is 0. The molecular formula is C11H16N2O2. The SMILES string of the molecule is CC(CO)NCc1ccc(C(N)=O)cc1. The molecule has 1 aromatic rings. The predicted octanol–water partition coefficient (Wildman–Crippen LogP) is 0.256. The molecule has 82 valence electrons. The minimum Gasteiger partial charge on any atom is -0.395 e. The highest BCUT2D eigenvalue weighted by atomic mass is 16.3. The van der Waals surface area contributed by atoms with Crippen molar-refractivity contribution in [2.45, 2.75) is 19.5 Å². The monoisotopic (exact) mass is 208 g/mol. The molecule has 0 aliphatic heterocycles. The quantitative estimate of drug-likeness (QED) is 0.649. The molecule has 1 rings (SSSR count). The number of nitrogens with two attached hydrogens (primary N) is 1. The van der Waals surface area contributed by atoms with Gasteiger partial charge in [0.2, 0.25) is 5.91 Å². The van der Waals surface area contributed by atoms with Crippen LogP contribution in [-0.2, 0) is 6.54 Å². The number of hydrogen-bond acceptors (Lipinski definition) is 3. The van der Waals surface area contributed by atoms with Crippen molar-refractivity contribution in [3.8, 4) is 0 Å². The number of hydrogen-bond donors (Lipinski definition) is 3. The molecule has 4 heteroatoms. The first kappa shape index (κ1) is 11.7. The number of carbonyl (C=O) groups is 1. The lowest BCUT2D eigenvalue weighted by Crippen LogP contribution is -2.28. The molecule has 1 atom stereocenters. The predicted molar refractivity (Wildman–Crippen MR) is 58.3 cm³/mol. The van der Waals surface area contributed by atoms with Crippen LogP contribution in [0, 0.1) is 0 Å². The fraction of sp³-hybridized carbons (Fsp3) is 0.364. The van der Waals surface area contributed by atoms with Gasteiger partial charge in [-0.2, -0.15) is 0 Å². The fourth-order valence-corrected chi connectivity index (χ4v) is 1.14. The van der Waals surface area contributed by atoms with Crippen LogP contribution in [0.3, 0.4) is 0 Å². The molecule has 4 N–H and O–H groups in total. The zero-order valence-electron chi connectivity index (χ0n) is 8.73. The van der Waals surface area contributed by atoms with Gasteiger partial charge in [-0.1, -0.05) is 12.1 Å². The van der Waals surface area contributed by atoms with Crippen LogP contribution in [0.4, 0.5) is 0 Å². The van der Waals surface area contributed by atoms with E-state index in [0.717, 1.165) is 5.56 Å². The molecule has 0 spiro atoms. The second-order valence-electron chi connectivity index (χ2n) is 3.53. The normalized spacial score (nSPS) is 12.4. The van der Waals surface area contributed by atoms with Gasteiger partial charge in [-0.25, -0.2) is 0 Å². The summed E-state index contributed by atoms with van der Waals surface area (Å²) in [6.07, 6.45) is 0. The molecular weight excluding hydrogens is 192 g/mol. The Bertz CT molecular complexity index is 322. The topological polar surface area (TPSA) is 75.3 Å². The smallest absolute Gasteiger partial charge is 0.248 e. The minimum atomic E-state index is -0.418. The summed E-state index contributed by atoms with van der Waals surface area (Å²) in [4.78, 5) is 10.8. The zero-order valence-corrected chi connectivity index (χ0v) is 8.73. The van der Waals surface area contributed by atoms with E-state index in [1.807, 2.05) is 19.1 Å². The summed E-state index contributed by atoms with van der Waals surface area (Å²) in [5.74, 6) is -0.418. The van der Waals surface area contributed by atoms with Crippen molar-refractivity contribution in [1.29, 1.82) is 0 Å². The number of aliphatic hydroxyl groups excluding tert-OH is 1. The molecule has 0 heterocycles. The van der Waals surface area contributed by atoms with Crippen molar-refractivity contribution in [2.24, 2.45) is 5.73 Å². The van der Waals surface area contributed by atoms with E-state index >= 15 is 0 Å². The third-order valence-electron chi connectivity index (χ3n) is 2.17. The number of nitrogens with one attached hydrogen (secondary N) is 1. The summed E-state index contributed by atoms with van der Waals surface area (Å²) in [5.41, 5.74) is 6.68. The van der Waals surface area contributed by atoms with Crippen LogP contribution >= 0.6 is 0 Å². The Balaban J connectivity index is 2.53. The minimum absolute atomic E-state index is 0.0702. The Hall–Kier alpha value is -1.39. The van der Waals surface area contributed by atoms with Crippen molar-refractivity contribution >= 4 is 5.91 Å². The van der Waals surface area contributed by atoms with Crippen LogP contribution in [0.25, 0.3) is 0 Å². The molecule has 1 amide bonds. The molecule has 4 nitrogen and oxygen atoms in total. The van der Waals surface area contributed by atoms with Crippen LogP contribution in [0.1, 0.15) is 22.8 Å². The first-order chi connectivity index (χ1) is 7.13. The number of rotatable bonds is 5. The van der Waals surface area contributed by atoms with Gasteiger partial charge in [0.15, 0.2) is 0 Å². The molecule has 0 bridgehead atoms. The molecule has 0 aromatic heterocycles. The molecule has 0 fully saturated rings. The summed E-state index contributed by atoms with van der Waals surface area (Å²) in [6.45, 7) is 2.68. The lowest BCUT2D eigenvalue weighted by atomic mass is 10.1. The van der Waals surface area contributed by atoms with Gasteiger partial charge in [-0.05, 0) is 24.6 Å². The summed E-state index contributed by atoms with van der Waals surface area (Å²) in [7, 11) is 0. The first-order valence-corrected chi connectivity index (χ1v) is 4.86. The van der Waals surface area contributed by atoms with Gasteiger partial charge < -0.3 is 16.2 Å². The maximum absolute atomic E-state index is 10.8. The number of amides is 1. The van der Waals surface area contributed by atoms with Gasteiger partial charge in [0, 0.05) is 18.2 Å². The van der Waals surface area contributed by atoms with Gasteiger partial charge >= 0.3 is 0 Å². The highest BCUT2D eigenvalue weighted by molar-refractivity contribution is 5.92. The highest BCUT2D eigenvalue weighted by Crippen LogP contribution is 2.03. The van der Waals surface area contributed by atoms with E-state index in [-0.39, 0.29) is 12.6 Å². The van der Waals surface area contributed by atoms with Gasteiger partial charge in [0.25, 0.3) is 0 Å². The van der Waals surface area contributed by atoms with Crippen LogP contribution < -0.4 is 11.1 Å². The zero-order chi connectivity index (χ0) is 11.3. The van der Waals surface area contributed by atoms with E-state index in [9.17, 15) is 4.79 Å². The second-order valence-corrected chi connectivity index (χ2v) is 3.53. The van der Waals surface area contributed by atoms with Crippen LogP contribution in [-0.4, -0.2) is 23.7 Å². The molecule has 0 saturated carbocycles. The largest absolute Gasteiger partial charge is 0.395 e. The van der Waals surface area contributed by atoms with E-state index in [4.69, 9.17) is 10.8 Å². The van der Waals surface area contributed by atoms with Crippen molar-refractivity contribution in [3.63, 3.8) is 0 Å². The number of carbonyl (C=O) groups excluding carboxylic acids is 1. The third-order valence-corrected chi connectivity index (χ3v) is 2.17. The molecule has 15 heavy (non-hydrogen) atoms. The van der Waals surface area contributed by atoms with Crippen molar-refractivity contribution in [2.75, 3.05) is 6.61 Å². The Kier molecular flexibility index (Phi) is 4.27. The third kappa shape index (κ3) is 3.69. The summed E-state index contributed by atoms with van der Waals surface area (Å²) in [6, 6.07) is 7.15. The summed E-state index contributed by atoms with van der Waals surface area (Å²) in [5, 5.41) is 11.9. The number of benzene rings is 1. The second kappa shape index (κ2) is 5.48. The molecule has 1 aromatic carbocycles. The van der Waals surface area contributed by atoms with E-state index in [0.29, 0.717) is 12.1 Å². The Labute approximate surface area is 89.1 Å². The van der Waals surface area contributed by atoms with Crippen molar-refractivity contribution in [3.05, 3.63) is 35.4 Å². The maximum Gasteiger partial charge on any atom is 0.248 e. The lowest BCUT2D eigenvalue weighted by molar-refractivity contribution is 0.100. The molecule has 0 aliphatic rings. The van der Waals surface area contributed by atoms with Gasteiger partial charge in [-0.3, -0.25) is 4.79 Å². The Morgan fingerprint density at radius 2 is 2.07 bits per heavy atom. The maximum atomic E-state index is 10.8. The van der Waals surface area contributed by atoms with Gasteiger partial charge in [-0.15, -0.1) is 0 Å². The van der Waals surface area contributed by atoms with Crippen LogP contribution in [0.15, 0.2) is 24.3 Å². The van der Waals surface area contributed by atoms with Crippen molar-refractivity contribution < 1.29 is 9.90 Å². The van der Waals surface area contributed by atoms with E-state index in [1.165, 1.54) is 0 Å².